The Balaban J connectivity index is 2.00. The minimum absolute atomic E-state index is 0.179. The van der Waals surface area contributed by atoms with Crippen LogP contribution in [0.1, 0.15) is 6.42 Å². The third-order valence-corrected chi connectivity index (χ3v) is 5.11. The van der Waals surface area contributed by atoms with Crippen LogP contribution < -0.4 is 0 Å². The van der Waals surface area contributed by atoms with E-state index in [1.165, 1.54) is 0 Å². The van der Waals surface area contributed by atoms with Crippen LogP contribution in [0.25, 0.3) is 0 Å². The van der Waals surface area contributed by atoms with Crippen LogP contribution >= 0.6 is 0 Å². The van der Waals surface area contributed by atoms with Crippen molar-refractivity contribution in [2.24, 2.45) is 29.6 Å². The summed E-state index contributed by atoms with van der Waals surface area (Å²) in [5.41, 5.74) is -4.85. The average Bonchev–Trinajstić information content (AvgIpc) is 2.82. The molecule has 20 heavy (non-hydrogen) atoms. The van der Waals surface area contributed by atoms with Gasteiger partial charge in [0.15, 0.2) is 0 Å². The number of fused-ring (bicyclic) bond motifs is 5. The van der Waals surface area contributed by atoms with Gasteiger partial charge in [0.05, 0.1) is 6.10 Å². The predicted molar refractivity (Wildman–Crippen MR) is 54.3 cm³/mol. The van der Waals surface area contributed by atoms with Gasteiger partial charge in [-0.1, -0.05) is 12.2 Å². The van der Waals surface area contributed by atoms with Gasteiger partial charge >= 0.3 is 12.4 Å². The molecule has 3 aliphatic rings. The van der Waals surface area contributed by atoms with Gasteiger partial charge in [-0.25, -0.2) is 0 Å². The van der Waals surface area contributed by atoms with E-state index in [2.05, 4.69) is 0 Å². The first-order valence-corrected chi connectivity index (χ1v) is 6.22. The Kier molecular flexibility index (Phi) is 2.63. The van der Waals surface area contributed by atoms with E-state index in [1.54, 1.807) is 12.2 Å². The monoisotopic (exact) mass is 302 g/mol. The molecule has 0 aliphatic heterocycles. The number of rotatable bonds is 1. The molecular formula is C12H12F6O2. The van der Waals surface area contributed by atoms with Crippen molar-refractivity contribution in [2.75, 3.05) is 0 Å². The fraction of sp³-hybridized carbons (Fsp3) is 0.833. The summed E-state index contributed by atoms with van der Waals surface area (Å²) < 4.78 is 77.1. The van der Waals surface area contributed by atoms with Crippen LogP contribution in [-0.4, -0.2) is 34.3 Å². The van der Waals surface area contributed by atoms with Gasteiger partial charge in [0.1, 0.15) is 0 Å². The lowest BCUT2D eigenvalue weighted by Gasteiger charge is -2.56. The average molecular weight is 302 g/mol. The van der Waals surface area contributed by atoms with E-state index in [9.17, 15) is 36.6 Å². The second-order valence-electron chi connectivity index (χ2n) is 5.88. The molecule has 2 bridgehead atoms. The Bertz CT molecular complexity index is 440. The number of aliphatic hydroxyl groups is 2. The largest absolute Gasteiger partial charge is 0.426 e. The van der Waals surface area contributed by atoms with E-state index in [-0.39, 0.29) is 5.92 Å². The van der Waals surface area contributed by atoms with Crippen LogP contribution in [0, 0.1) is 29.6 Å². The predicted octanol–water partition coefficient (Wildman–Crippen LogP) is 2.27. The Morgan fingerprint density at radius 2 is 1.30 bits per heavy atom. The highest BCUT2D eigenvalue weighted by molar-refractivity contribution is 5.25. The normalized spacial score (nSPS) is 43.6. The zero-order valence-corrected chi connectivity index (χ0v) is 9.99. The summed E-state index contributed by atoms with van der Waals surface area (Å²) in [7, 11) is 0. The van der Waals surface area contributed by atoms with Crippen LogP contribution in [-0.2, 0) is 0 Å². The molecule has 0 aromatic rings. The second-order valence-corrected chi connectivity index (χ2v) is 5.88. The molecule has 2 nitrogen and oxygen atoms in total. The van der Waals surface area contributed by atoms with E-state index in [1.807, 2.05) is 0 Å². The molecule has 114 valence electrons. The van der Waals surface area contributed by atoms with E-state index in [4.69, 9.17) is 0 Å². The zero-order valence-electron chi connectivity index (χ0n) is 9.99. The number of halogens is 6. The molecule has 0 saturated heterocycles. The third-order valence-electron chi connectivity index (χ3n) is 5.11. The molecular weight excluding hydrogens is 290 g/mol. The fourth-order valence-corrected chi connectivity index (χ4v) is 4.27. The lowest BCUT2D eigenvalue weighted by molar-refractivity contribution is -0.412. The van der Waals surface area contributed by atoms with Crippen LogP contribution in [0.15, 0.2) is 12.2 Å². The van der Waals surface area contributed by atoms with Crippen molar-refractivity contribution in [3.05, 3.63) is 12.2 Å². The van der Waals surface area contributed by atoms with Crippen molar-refractivity contribution < 1.29 is 36.6 Å². The highest BCUT2D eigenvalue weighted by Gasteiger charge is 2.81. The number of aliphatic hydroxyl groups excluding tert-OH is 1. The number of hydrogen-bond acceptors (Lipinski definition) is 2. The molecule has 8 heteroatoms. The Labute approximate surface area is 110 Å². The van der Waals surface area contributed by atoms with Crippen LogP contribution in [0.5, 0.6) is 0 Å². The summed E-state index contributed by atoms with van der Waals surface area (Å²) in [6, 6.07) is 0. The first kappa shape index (κ1) is 14.2. The Morgan fingerprint density at radius 1 is 0.850 bits per heavy atom. The van der Waals surface area contributed by atoms with Crippen molar-refractivity contribution in [2.45, 2.75) is 30.5 Å². The molecule has 0 heterocycles. The first-order chi connectivity index (χ1) is 9.00. The maximum absolute atomic E-state index is 12.8. The minimum atomic E-state index is -5.87. The summed E-state index contributed by atoms with van der Waals surface area (Å²) in [4.78, 5) is 0. The van der Waals surface area contributed by atoms with Crippen LogP contribution in [0.4, 0.5) is 26.3 Å². The highest BCUT2D eigenvalue weighted by Crippen LogP contribution is 2.67. The zero-order chi connectivity index (χ0) is 15.1. The van der Waals surface area contributed by atoms with Gasteiger partial charge in [0, 0.05) is 5.92 Å². The van der Waals surface area contributed by atoms with Crippen molar-refractivity contribution in [3.8, 4) is 0 Å². The van der Waals surface area contributed by atoms with Gasteiger partial charge in [-0.3, -0.25) is 0 Å². The fourth-order valence-electron chi connectivity index (χ4n) is 4.27. The standard InChI is InChI=1S/C12H12F6O2/c13-11(14,15)10(20,12(16,17)18)8-6-4-1-2-5(3-4)7(6)9(8)19/h1-2,4-9,19-20H,3H2. The third kappa shape index (κ3) is 1.44. The molecule has 0 spiro atoms. The number of alkyl halides is 6. The van der Waals surface area contributed by atoms with E-state index in [0.717, 1.165) is 0 Å². The van der Waals surface area contributed by atoms with Gasteiger partial charge < -0.3 is 10.2 Å². The Morgan fingerprint density at radius 3 is 1.75 bits per heavy atom. The summed E-state index contributed by atoms with van der Waals surface area (Å²) in [6.07, 6.45) is -9.74. The molecule has 3 aliphatic carbocycles. The molecule has 0 radical (unpaired) electrons. The van der Waals surface area contributed by atoms with Crippen LogP contribution in [0.2, 0.25) is 0 Å². The smallest absolute Gasteiger partial charge is 0.392 e. The molecule has 2 fully saturated rings. The molecule has 0 aromatic carbocycles. The first-order valence-electron chi connectivity index (χ1n) is 6.22. The van der Waals surface area contributed by atoms with Crippen LogP contribution in [0.3, 0.4) is 0 Å². The minimum Gasteiger partial charge on any atom is -0.392 e. The molecule has 2 saturated carbocycles. The maximum atomic E-state index is 12.8. The van der Waals surface area contributed by atoms with Crippen molar-refractivity contribution in [1.29, 1.82) is 0 Å². The summed E-state index contributed by atoms with van der Waals surface area (Å²) in [5, 5.41) is 19.2. The maximum Gasteiger partial charge on any atom is 0.426 e. The second kappa shape index (κ2) is 3.71. The lowest BCUT2D eigenvalue weighted by Crippen LogP contribution is -2.72. The van der Waals surface area contributed by atoms with Gasteiger partial charge in [0.2, 0.25) is 0 Å². The number of allylic oxidation sites excluding steroid dienone is 2. The van der Waals surface area contributed by atoms with E-state index < -0.39 is 47.7 Å². The van der Waals surface area contributed by atoms with Crippen molar-refractivity contribution in [1.82, 2.24) is 0 Å². The summed E-state index contributed by atoms with van der Waals surface area (Å²) >= 11 is 0. The van der Waals surface area contributed by atoms with Gasteiger partial charge in [-0.2, -0.15) is 26.3 Å². The summed E-state index contributed by atoms with van der Waals surface area (Å²) in [5.74, 6) is -4.41. The number of hydrogen-bond donors (Lipinski definition) is 2. The SMILES string of the molecule is OC1C2C3C=CC(C3)C2C1C(O)(C(F)(F)F)C(F)(F)F. The Hall–Kier alpha value is -0.760. The van der Waals surface area contributed by atoms with E-state index >= 15 is 0 Å². The van der Waals surface area contributed by atoms with Gasteiger partial charge in [-0.15, -0.1) is 0 Å². The molecule has 2 N–H and O–H groups in total. The molecule has 6 atom stereocenters. The molecule has 0 aromatic heterocycles. The molecule has 6 unspecified atom stereocenters. The topological polar surface area (TPSA) is 40.5 Å². The van der Waals surface area contributed by atoms with E-state index in [0.29, 0.717) is 6.42 Å². The lowest BCUT2D eigenvalue weighted by atomic mass is 9.52. The van der Waals surface area contributed by atoms with Crippen molar-refractivity contribution >= 4 is 0 Å². The summed E-state index contributed by atoms with van der Waals surface area (Å²) in [6.45, 7) is 0. The van der Waals surface area contributed by atoms with Gasteiger partial charge in [0.25, 0.3) is 5.60 Å². The quantitative estimate of drug-likeness (QED) is 0.576. The van der Waals surface area contributed by atoms with Crippen molar-refractivity contribution in [3.63, 3.8) is 0 Å². The molecule has 0 amide bonds. The highest BCUT2D eigenvalue weighted by atomic mass is 19.4. The van der Waals surface area contributed by atoms with Gasteiger partial charge in [-0.05, 0) is 30.1 Å². The molecule has 3 rings (SSSR count).